The van der Waals surface area contributed by atoms with Gasteiger partial charge >= 0.3 is 12.2 Å². The second kappa shape index (κ2) is 6.13. The first-order valence-corrected chi connectivity index (χ1v) is 6.51. The Labute approximate surface area is 126 Å². The summed E-state index contributed by atoms with van der Waals surface area (Å²) in [6.07, 6.45) is -2.98. The lowest BCUT2D eigenvalue weighted by molar-refractivity contribution is -0.137. The number of urea groups is 1. The zero-order chi connectivity index (χ0) is 15.5. The van der Waals surface area contributed by atoms with E-state index in [-0.39, 0.29) is 11.5 Å². The maximum Gasteiger partial charge on any atom is 0.416 e. The highest BCUT2D eigenvalue weighted by Crippen LogP contribution is 2.30. The molecule has 21 heavy (non-hydrogen) atoms. The summed E-state index contributed by atoms with van der Waals surface area (Å²) >= 11 is 3.21. The molecule has 0 atom stereocenters. The summed E-state index contributed by atoms with van der Waals surface area (Å²) in [5, 5.41) is 4.73. The van der Waals surface area contributed by atoms with Crippen LogP contribution in [0.2, 0.25) is 0 Å². The molecule has 2 N–H and O–H groups in total. The van der Waals surface area contributed by atoms with Crippen LogP contribution in [-0.4, -0.2) is 11.0 Å². The van der Waals surface area contributed by atoms with Crippen LogP contribution in [-0.2, 0) is 6.18 Å². The number of benzene rings is 1. The second-order valence-corrected chi connectivity index (χ2v) is 4.93. The number of anilines is 2. The van der Waals surface area contributed by atoms with E-state index < -0.39 is 17.8 Å². The minimum Gasteiger partial charge on any atom is -0.308 e. The highest BCUT2D eigenvalue weighted by atomic mass is 79.9. The van der Waals surface area contributed by atoms with E-state index >= 15 is 0 Å². The van der Waals surface area contributed by atoms with E-state index in [9.17, 15) is 18.0 Å². The van der Waals surface area contributed by atoms with E-state index in [2.05, 4.69) is 31.5 Å². The minimum absolute atomic E-state index is 0.0392. The number of rotatable bonds is 2. The number of halogens is 4. The summed E-state index contributed by atoms with van der Waals surface area (Å²) in [7, 11) is 0. The van der Waals surface area contributed by atoms with Crippen LogP contribution < -0.4 is 10.6 Å². The monoisotopic (exact) mass is 359 g/mol. The molecular weight excluding hydrogens is 351 g/mol. The molecule has 2 rings (SSSR count). The van der Waals surface area contributed by atoms with Crippen LogP contribution >= 0.6 is 15.9 Å². The number of hydrogen-bond acceptors (Lipinski definition) is 2. The van der Waals surface area contributed by atoms with Gasteiger partial charge in [-0.1, -0.05) is 22.0 Å². The summed E-state index contributed by atoms with van der Waals surface area (Å²) in [6.45, 7) is 0. The predicted molar refractivity (Wildman–Crippen MR) is 76.0 cm³/mol. The third-order valence-electron chi connectivity index (χ3n) is 2.41. The molecular formula is C13H9BrF3N3O. The van der Waals surface area contributed by atoms with E-state index in [4.69, 9.17) is 0 Å². The first-order chi connectivity index (χ1) is 9.84. The third-order valence-corrected chi connectivity index (χ3v) is 2.90. The summed E-state index contributed by atoms with van der Waals surface area (Å²) in [5.74, 6) is 0.272. The molecule has 4 nitrogen and oxygen atoms in total. The van der Waals surface area contributed by atoms with Crippen LogP contribution in [0.25, 0.3) is 0 Å². The van der Waals surface area contributed by atoms with Crippen molar-refractivity contribution in [3.8, 4) is 0 Å². The first-order valence-electron chi connectivity index (χ1n) is 5.71. The van der Waals surface area contributed by atoms with Gasteiger partial charge in [-0.2, -0.15) is 13.2 Å². The van der Waals surface area contributed by atoms with Crippen LogP contribution in [0.15, 0.2) is 47.1 Å². The van der Waals surface area contributed by atoms with Crippen LogP contribution in [0.3, 0.4) is 0 Å². The largest absolute Gasteiger partial charge is 0.416 e. The number of aromatic nitrogens is 1. The molecule has 0 aliphatic carbocycles. The van der Waals surface area contributed by atoms with Gasteiger partial charge in [-0.15, -0.1) is 0 Å². The molecule has 1 aromatic carbocycles. The summed E-state index contributed by atoms with van der Waals surface area (Å²) < 4.78 is 38.4. The molecule has 0 bridgehead atoms. The van der Waals surface area contributed by atoms with Gasteiger partial charge in [-0.05, 0) is 30.3 Å². The first kappa shape index (κ1) is 15.3. The Morgan fingerprint density at radius 1 is 1.14 bits per heavy atom. The molecule has 2 aromatic rings. The molecule has 8 heteroatoms. The number of alkyl halides is 3. The number of pyridine rings is 1. The van der Waals surface area contributed by atoms with E-state index in [0.29, 0.717) is 4.47 Å². The van der Waals surface area contributed by atoms with E-state index in [1.54, 1.807) is 12.1 Å². The number of nitrogens with zero attached hydrogens (tertiary/aromatic N) is 1. The molecule has 0 spiro atoms. The smallest absolute Gasteiger partial charge is 0.308 e. The molecule has 0 radical (unpaired) electrons. The van der Waals surface area contributed by atoms with Gasteiger partial charge in [0.25, 0.3) is 0 Å². The Hall–Kier alpha value is -2.09. The van der Waals surface area contributed by atoms with Crippen molar-refractivity contribution in [1.82, 2.24) is 4.98 Å². The van der Waals surface area contributed by atoms with Gasteiger partial charge in [-0.3, -0.25) is 5.32 Å². The topological polar surface area (TPSA) is 54.0 Å². The molecule has 1 heterocycles. The molecule has 0 unspecified atom stereocenters. The van der Waals surface area contributed by atoms with E-state index in [1.165, 1.54) is 18.3 Å². The van der Waals surface area contributed by atoms with Crippen LogP contribution in [0.5, 0.6) is 0 Å². The minimum atomic E-state index is -4.46. The van der Waals surface area contributed by atoms with Crippen molar-refractivity contribution >= 4 is 33.5 Å². The molecule has 2 amide bonds. The van der Waals surface area contributed by atoms with Gasteiger partial charge in [0, 0.05) is 16.4 Å². The summed E-state index contributed by atoms with van der Waals surface area (Å²) in [5.41, 5.74) is -0.793. The fourth-order valence-electron chi connectivity index (χ4n) is 1.53. The molecule has 1 aromatic heterocycles. The lowest BCUT2D eigenvalue weighted by atomic mass is 10.2. The summed E-state index contributed by atoms with van der Waals surface area (Å²) in [6, 6.07) is 6.92. The highest BCUT2D eigenvalue weighted by Gasteiger charge is 2.30. The quantitative estimate of drug-likeness (QED) is 0.828. The lowest BCUT2D eigenvalue weighted by Crippen LogP contribution is -2.20. The lowest BCUT2D eigenvalue weighted by Gasteiger charge is -2.10. The Kier molecular flexibility index (Phi) is 4.46. The van der Waals surface area contributed by atoms with Crippen LogP contribution in [0.1, 0.15) is 5.56 Å². The summed E-state index contributed by atoms with van der Waals surface area (Å²) in [4.78, 5) is 15.6. The van der Waals surface area contributed by atoms with Crippen LogP contribution in [0, 0.1) is 0 Å². The Morgan fingerprint density at radius 3 is 2.57 bits per heavy atom. The van der Waals surface area contributed by atoms with Gasteiger partial charge in [-0.25, -0.2) is 9.78 Å². The van der Waals surface area contributed by atoms with Gasteiger partial charge in [0.1, 0.15) is 5.82 Å². The average molecular weight is 360 g/mol. The highest BCUT2D eigenvalue weighted by molar-refractivity contribution is 9.10. The maximum absolute atomic E-state index is 12.6. The normalized spacial score (nSPS) is 11.0. The second-order valence-electron chi connectivity index (χ2n) is 4.02. The zero-order valence-corrected chi connectivity index (χ0v) is 12.0. The van der Waals surface area contributed by atoms with Crippen molar-refractivity contribution in [3.63, 3.8) is 0 Å². The van der Waals surface area contributed by atoms with Gasteiger partial charge in [0.05, 0.1) is 5.56 Å². The molecule has 0 aliphatic heterocycles. The van der Waals surface area contributed by atoms with Crippen molar-refractivity contribution in [3.05, 3.63) is 52.6 Å². The van der Waals surface area contributed by atoms with Crippen molar-refractivity contribution < 1.29 is 18.0 Å². The van der Waals surface area contributed by atoms with E-state index in [1.807, 2.05) is 0 Å². The van der Waals surface area contributed by atoms with Crippen LogP contribution in [0.4, 0.5) is 29.5 Å². The fraction of sp³-hybridized carbons (Fsp3) is 0.0769. The maximum atomic E-state index is 12.6. The number of nitrogens with one attached hydrogen (secondary N) is 2. The number of hydrogen-bond donors (Lipinski definition) is 2. The molecule has 0 saturated carbocycles. The molecule has 0 fully saturated rings. The Balaban J connectivity index is 2.06. The van der Waals surface area contributed by atoms with Crippen molar-refractivity contribution in [2.45, 2.75) is 6.18 Å². The Bertz CT molecular complexity index is 661. The van der Waals surface area contributed by atoms with Gasteiger partial charge in [0.15, 0.2) is 0 Å². The Morgan fingerprint density at radius 2 is 1.90 bits per heavy atom. The third kappa shape index (κ3) is 4.45. The standard InChI is InChI=1S/C13H9BrF3N3O/c14-9-4-5-18-11(7-9)20-12(21)19-10-3-1-2-8(6-10)13(15,16)17/h1-7H,(H2,18,19,20,21). The number of amides is 2. The van der Waals surface area contributed by atoms with E-state index in [0.717, 1.165) is 12.1 Å². The van der Waals surface area contributed by atoms with Crippen molar-refractivity contribution in [1.29, 1.82) is 0 Å². The number of carbonyl (C=O) groups is 1. The van der Waals surface area contributed by atoms with Crippen molar-refractivity contribution in [2.24, 2.45) is 0 Å². The molecule has 0 aliphatic rings. The average Bonchev–Trinajstić information content (AvgIpc) is 2.37. The van der Waals surface area contributed by atoms with Crippen molar-refractivity contribution in [2.75, 3.05) is 10.6 Å². The molecule has 110 valence electrons. The number of carbonyl (C=O) groups excluding carboxylic acids is 1. The van der Waals surface area contributed by atoms with Gasteiger partial charge < -0.3 is 5.32 Å². The predicted octanol–water partition coefficient (Wildman–Crippen LogP) is 4.51. The fourth-order valence-corrected chi connectivity index (χ4v) is 1.86. The SMILES string of the molecule is O=C(Nc1cccc(C(F)(F)F)c1)Nc1cc(Br)ccn1. The zero-order valence-electron chi connectivity index (χ0n) is 10.4. The van der Waals surface area contributed by atoms with Gasteiger partial charge in [0.2, 0.25) is 0 Å². The molecule has 0 saturated heterocycles.